The molecule has 7 heteroatoms. The zero-order valence-corrected chi connectivity index (χ0v) is 21.7. The molecule has 0 aliphatic rings. The predicted molar refractivity (Wildman–Crippen MR) is 144 cm³/mol. The summed E-state index contributed by atoms with van der Waals surface area (Å²) >= 11 is 0. The van der Waals surface area contributed by atoms with Gasteiger partial charge in [-0.2, -0.15) is 0 Å². The topological polar surface area (TPSA) is 78.3 Å². The van der Waals surface area contributed by atoms with Crippen molar-refractivity contribution in [2.75, 3.05) is 12.4 Å². The Hall–Kier alpha value is -3.87. The fourth-order valence-electron chi connectivity index (χ4n) is 4.01. The van der Waals surface area contributed by atoms with Crippen molar-refractivity contribution in [3.63, 3.8) is 0 Å². The second kappa shape index (κ2) is 10.8. The van der Waals surface area contributed by atoms with E-state index in [0.29, 0.717) is 12.3 Å². The maximum Gasteiger partial charge on any atom is 0.514 e. The van der Waals surface area contributed by atoms with Crippen molar-refractivity contribution in [3.8, 4) is 16.9 Å². The Bertz CT molecular complexity index is 1340. The molecule has 0 aliphatic heterocycles. The summed E-state index contributed by atoms with van der Waals surface area (Å²) < 4.78 is 13.1. The number of imidazole rings is 1. The van der Waals surface area contributed by atoms with Crippen molar-refractivity contribution < 1.29 is 14.3 Å². The number of nitrogens with one attached hydrogen (secondary N) is 1. The molecule has 2 aromatic carbocycles. The zero-order valence-electron chi connectivity index (χ0n) is 21.7. The third-order valence-electron chi connectivity index (χ3n) is 5.76. The van der Waals surface area contributed by atoms with E-state index in [9.17, 15) is 4.79 Å². The minimum Gasteiger partial charge on any atom is -0.428 e. The van der Waals surface area contributed by atoms with E-state index in [1.54, 1.807) is 6.07 Å². The van der Waals surface area contributed by atoms with Gasteiger partial charge in [0.25, 0.3) is 0 Å². The van der Waals surface area contributed by atoms with Gasteiger partial charge in [0.2, 0.25) is 0 Å². The van der Waals surface area contributed by atoms with E-state index in [2.05, 4.69) is 28.9 Å². The van der Waals surface area contributed by atoms with E-state index in [1.807, 2.05) is 70.3 Å². The molecule has 2 heterocycles. The van der Waals surface area contributed by atoms with Crippen molar-refractivity contribution in [1.82, 2.24) is 14.5 Å². The van der Waals surface area contributed by atoms with Gasteiger partial charge in [-0.3, -0.25) is 0 Å². The third-order valence-corrected chi connectivity index (χ3v) is 5.76. The minimum absolute atomic E-state index is 0.464. The number of anilines is 1. The summed E-state index contributed by atoms with van der Waals surface area (Å²) in [6.45, 7) is 8.29. The van der Waals surface area contributed by atoms with Crippen LogP contribution >= 0.6 is 0 Å². The number of para-hydroxylation sites is 1. The number of carbonyl (C=O) groups is 1. The van der Waals surface area contributed by atoms with E-state index < -0.39 is 11.8 Å². The second-order valence-electron chi connectivity index (χ2n) is 9.77. The van der Waals surface area contributed by atoms with Gasteiger partial charge in [-0.1, -0.05) is 55.8 Å². The van der Waals surface area contributed by atoms with E-state index in [1.165, 1.54) is 0 Å². The molecule has 0 spiro atoms. The summed E-state index contributed by atoms with van der Waals surface area (Å²) in [4.78, 5) is 21.9. The highest BCUT2D eigenvalue weighted by Crippen LogP contribution is 2.31. The SMILES string of the molecule is CCCCc1nc2ccc(NC)nc2n1Cc1ccc(-c2ccccc2OC(=O)OC(C)(C)C)cc1. The summed E-state index contributed by atoms with van der Waals surface area (Å²) in [5.41, 5.74) is 4.09. The van der Waals surface area contributed by atoms with Crippen molar-refractivity contribution in [1.29, 1.82) is 0 Å². The average molecular weight is 487 g/mol. The number of ether oxygens (including phenoxy) is 2. The van der Waals surface area contributed by atoms with Crippen LogP contribution in [0.2, 0.25) is 0 Å². The number of carbonyl (C=O) groups excluding carboxylic acids is 1. The Morgan fingerprint density at radius 3 is 2.44 bits per heavy atom. The Balaban J connectivity index is 1.60. The molecule has 0 bridgehead atoms. The normalized spacial score (nSPS) is 11.5. The lowest BCUT2D eigenvalue weighted by molar-refractivity contribution is 0.0207. The van der Waals surface area contributed by atoms with Gasteiger partial charge in [0, 0.05) is 19.0 Å². The standard InChI is InChI=1S/C29H34N4O3/c1-6-7-12-26-31-23-17-18-25(30-5)32-27(23)33(26)19-20-13-15-21(16-14-20)22-10-8-9-11-24(22)35-28(34)36-29(2,3)4/h8-11,13-18H,6-7,12,19H2,1-5H3,(H,30,32). The summed E-state index contributed by atoms with van der Waals surface area (Å²) in [7, 11) is 1.87. The van der Waals surface area contributed by atoms with Gasteiger partial charge in [-0.05, 0) is 56.5 Å². The quantitative estimate of drug-likeness (QED) is 0.217. The van der Waals surface area contributed by atoms with Crippen molar-refractivity contribution >= 4 is 23.1 Å². The Labute approximate surface area is 212 Å². The van der Waals surface area contributed by atoms with Crippen LogP contribution < -0.4 is 10.1 Å². The molecule has 0 amide bonds. The van der Waals surface area contributed by atoms with E-state index in [-0.39, 0.29) is 0 Å². The van der Waals surface area contributed by atoms with Gasteiger partial charge >= 0.3 is 6.16 Å². The molecule has 0 atom stereocenters. The first-order valence-corrected chi connectivity index (χ1v) is 12.4. The van der Waals surface area contributed by atoms with Gasteiger partial charge in [0.1, 0.15) is 28.5 Å². The van der Waals surface area contributed by atoms with Crippen molar-refractivity contribution in [2.45, 2.75) is 59.1 Å². The largest absolute Gasteiger partial charge is 0.514 e. The number of hydrogen-bond donors (Lipinski definition) is 1. The summed E-state index contributed by atoms with van der Waals surface area (Å²) in [6, 6.07) is 19.7. The first-order chi connectivity index (χ1) is 17.3. The number of hydrogen-bond acceptors (Lipinski definition) is 6. The molecule has 1 N–H and O–H groups in total. The molecule has 4 rings (SSSR count). The number of aromatic nitrogens is 3. The van der Waals surface area contributed by atoms with Crippen LogP contribution in [0.5, 0.6) is 5.75 Å². The fourth-order valence-corrected chi connectivity index (χ4v) is 4.01. The molecule has 0 saturated carbocycles. The molecule has 0 saturated heterocycles. The third kappa shape index (κ3) is 6.03. The maximum atomic E-state index is 12.2. The molecule has 2 aromatic heterocycles. The summed E-state index contributed by atoms with van der Waals surface area (Å²) in [5.74, 6) is 2.33. The molecular weight excluding hydrogens is 452 g/mol. The smallest absolute Gasteiger partial charge is 0.428 e. The van der Waals surface area contributed by atoms with Crippen LogP contribution in [-0.2, 0) is 17.7 Å². The Morgan fingerprint density at radius 1 is 1.00 bits per heavy atom. The number of fused-ring (bicyclic) bond motifs is 1. The first kappa shape index (κ1) is 25.2. The molecule has 0 radical (unpaired) electrons. The highest BCUT2D eigenvalue weighted by atomic mass is 16.7. The lowest BCUT2D eigenvalue weighted by Gasteiger charge is -2.19. The molecular formula is C29H34N4O3. The summed E-state index contributed by atoms with van der Waals surface area (Å²) in [5, 5.41) is 3.12. The number of benzene rings is 2. The predicted octanol–water partition coefficient (Wildman–Crippen LogP) is 6.84. The Kier molecular flexibility index (Phi) is 7.58. The molecule has 36 heavy (non-hydrogen) atoms. The van der Waals surface area contributed by atoms with Gasteiger partial charge in [-0.25, -0.2) is 14.8 Å². The minimum atomic E-state index is -0.716. The summed E-state index contributed by atoms with van der Waals surface area (Å²) in [6.07, 6.45) is 2.38. The van der Waals surface area contributed by atoms with E-state index in [0.717, 1.165) is 58.8 Å². The van der Waals surface area contributed by atoms with Crippen molar-refractivity contribution in [3.05, 3.63) is 72.1 Å². The fraction of sp³-hybridized carbons (Fsp3) is 0.345. The highest BCUT2D eigenvalue weighted by Gasteiger charge is 2.19. The van der Waals surface area contributed by atoms with E-state index >= 15 is 0 Å². The molecule has 0 aliphatic carbocycles. The van der Waals surface area contributed by atoms with Crippen LogP contribution in [-0.4, -0.2) is 33.3 Å². The van der Waals surface area contributed by atoms with Crippen LogP contribution in [0.15, 0.2) is 60.7 Å². The number of unbranched alkanes of at least 4 members (excludes halogenated alkanes) is 1. The first-order valence-electron chi connectivity index (χ1n) is 12.4. The van der Waals surface area contributed by atoms with Crippen LogP contribution in [0, 0.1) is 0 Å². The Morgan fingerprint density at radius 2 is 1.75 bits per heavy atom. The molecule has 7 nitrogen and oxygen atoms in total. The van der Waals surface area contributed by atoms with Crippen molar-refractivity contribution in [2.24, 2.45) is 0 Å². The molecule has 188 valence electrons. The average Bonchev–Trinajstić information content (AvgIpc) is 3.18. The van der Waals surface area contributed by atoms with E-state index in [4.69, 9.17) is 19.4 Å². The molecule has 4 aromatic rings. The number of rotatable bonds is 8. The molecule has 0 unspecified atom stereocenters. The molecule has 0 fully saturated rings. The van der Waals surface area contributed by atoms with Crippen LogP contribution in [0.1, 0.15) is 51.9 Å². The monoisotopic (exact) mass is 486 g/mol. The van der Waals surface area contributed by atoms with Gasteiger partial charge in [-0.15, -0.1) is 0 Å². The van der Waals surface area contributed by atoms with Gasteiger partial charge in [0.15, 0.2) is 5.65 Å². The second-order valence-corrected chi connectivity index (χ2v) is 9.77. The maximum absolute atomic E-state index is 12.2. The van der Waals surface area contributed by atoms with Gasteiger partial charge < -0.3 is 19.4 Å². The van der Waals surface area contributed by atoms with Gasteiger partial charge in [0.05, 0.1) is 6.54 Å². The lowest BCUT2D eigenvalue weighted by Crippen LogP contribution is -2.26. The highest BCUT2D eigenvalue weighted by molar-refractivity contribution is 5.76. The van der Waals surface area contributed by atoms with Crippen LogP contribution in [0.25, 0.3) is 22.3 Å². The number of pyridine rings is 1. The van der Waals surface area contributed by atoms with Crippen LogP contribution in [0.3, 0.4) is 0 Å². The zero-order chi connectivity index (χ0) is 25.7. The lowest BCUT2D eigenvalue weighted by atomic mass is 10.0. The number of aryl methyl sites for hydroxylation is 1. The number of nitrogens with zero attached hydrogens (tertiary/aromatic N) is 3. The van der Waals surface area contributed by atoms with Crippen LogP contribution in [0.4, 0.5) is 10.6 Å².